The van der Waals surface area contributed by atoms with E-state index in [9.17, 15) is 14.0 Å². The second-order valence-electron chi connectivity index (χ2n) is 9.03. The van der Waals surface area contributed by atoms with Crippen LogP contribution >= 0.6 is 11.6 Å². The van der Waals surface area contributed by atoms with Gasteiger partial charge in [-0.05, 0) is 49.6 Å². The van der Waals surface area contributed by atoms with E-state index in [0.717, 1.165) is 6.42 Å². The highest BCUT2D eigenvalue weighted by Gasteiger charge is 2.21. The number of nitrogens with one attached hydrogen (secondary N) is 2. The maximum Gasteiger partial charge on any atom is 0.225 e. The van der Waals surface area contributed by atoms with Crippen LogP contribution < -0.4 is 22.1 Å². The third-order valence-electron chi connectivity index (χ3n) is 6.18. The molecule has 1 amide bonds. The second kappa shape index (κ2) is 17.2. The monoisotopic (exact) mass is 559 g/mol. The number of pyridine rings is 1. The van der Waals surface area contributed by atoms with E-state index in [1.54, 1.807) is 18.3 Å². The molecule has 0 saturated carbocycles. The highest BCUT2D eigenvalue weighted by molar-refractivity contribution is 6.30. The molecule has 6 N–H and O–H groups in total. The summed E-state index contributed by atoms with van der Waals surface area (Å²) in [4.78, 5) is 28.9. The van der Waals surface area contributed by atoms with Gasteiger partial charge >= 0.3 is 0 Å². The number of allylic oxidation sites excluding steroid dienone is 2. The van der Waals surface area contributed by atoms with Crippen molar-refractivity contribution in [3.63, 3.8) is 0 Å². The number of hydrogen-bond donors (Lipinski definition) is 4. The van der Waals surface area contributed by atoms with Crippen LogP contribution in [0.3, 0.4) is 0 Å². The number of amides is 1. The molecule has 1 heterocycles. The molecule has 7 nitrogen and oxygen atoms in total. The minimum Gasteiger partial charge on any atom is -0.400 e. The van der Waals surface area contributed by atoms with E-state index in [4.69, 9.17) is 23.1 Å². The van der Waals surface area contributed by atoms with Gasteiger partial charge in [0.25, 0.3) is 0 Å². The zero-order chi connectivity index (χ0) is 29.5. The fourth-order valence-electron chi connectivity index (χ4n) is 3.67. The number of halogens is 2. The van der Waals surface area contributed by atoms with Crippen molar-refractivity contribution in [3.05, 3.63) is 70.4 Å². The Morgan fingerprint density at radius 2 is 1.77 bits per heavy atom. The average Bonchev–Trinajstić information content (AvgIpc) is 2.93. The molecule has 0 aliphatic heterocycles. The van der Waals surface area contributed by atoms with Crippen LogP contribution in [0.4, 0.5) is 15.9 Å². The average molecular weight is 560 g/mol. The van der Waals surface area contributed by atoms with Gasteiger partial charge in [-0.15, -0.1) is 0 Å². The predicted octanol–water partition coefficient (Wildman–Crippen LogP) is 7.25. The lowest BCUT2D eigenvalue weighted by Gasteiger charge is -2.21. The molecule has 0 saturated heterocycles. The molecule has 0 spiro atoms. The van der Waals surface area contributed by atoms with Crippen molar-refractivity contribution >= 4 is 40.5 Å². The maximum atomic E-state index is 14.5. The lowest BCUT2D eigenvalue weighted by Crippen LogP contribution is -2.23. The number of nitrogens with zero attached hydrogens (tertiary/aromatic N) is 1. The first-order valence-corrected chi connectivity index (χ1v) is 13.9. The van der Waals surface area contributed by atoms with E-state index in [1.165, 1.54) is 24.3 Å². The Morgan fingerprint density at radius 3 is 2.38 bits per heavy atom. The van der Waals surface area contributed by atoms with Crippen molar-refractivity contribution in [2.45, 2.75) is 73.6 Å². The largest absolute Gasteiger partial charge is 0.400 e. The number of anilines is 2. The molecule has 9 heteroatoms. The minimum absolute atomic E-state index is 0.0751. The van der Waals surface area contributed by atoms with Crippen LogP contribution in [0.15, 0.2) is 54.0 Å². The summed E-state index contributed by atoms with van der Waals surface area (Å²) in [6.07, 6.45) is 5.81. The molecule has 1 aromatic carbocycles. The number of rotatable bonds is 13. The predicted molar refractivity (Wildman–Crippen MR) is 160 cm³/mol. The molecule has 0 radical (unpaired) electrons. The van der Waals surface area contributed by atoms with Crippen molar-refractivity contribution in [1.29, 1.82) is 0 Å². The number of ketones is 1. The molecule has 2 atom stereocenters. The molecule has 2 aromatic rings. The first kappa shape index (κ1) is 33.6. The molecule has 2 rings (SSSR count). The van der Waals surface area contributed by atoms with Crippen molar-refractivity contribution in [3.8, 4) is 0 Å². The fraction of sp³-hybridized carbons (Fsp3) is 0.433. The number of Topliss-reactive ketones (excluding diaryl/α,β-unsaturated/α-hetero) is 1. The molecule has 2 unspecified atom stereocenters. The van der Waals surface area contributed by atoms with Crippen molar-refractivity contribution in [2.24, 2.45) is 23.3 Å². The summed E-state index contributed by atoms with van der Waals surface area (Å²) in [5.74, 6) is -0.508. The molecule has 1 aromatic heterocycles. The van der Waals surface area contributed by atoms with Crippen LogP contribution in [-0.2, 0) is 9.59 Å². The number of hydrogen-bond acceptors (Lipinski definition) is 6. The number of aromatic nitrogens is 1. The van der Waals surface area contributed by atoms with E-state index in [2.05, 4.69) is 15.6 Å². The first-order chi connectivity index (χ1) is 18.6. The van der Waals surface area contributed by atoms with Crippen molar-refractivity contribution in [2.75, 3.05) is 10.6 Å². The fourth-order valence-corrected chi connectivity index (χ4v) is 3.85. The Hall–Kier alpha value is -3.39. The molecule has 214 valence electrons. The standard InChI is InChI=1S/C28H37ClFN5O2.C2H6/c1-5-8-27(37)35-26-15-20(11-12-33-26)34-24(16-23(31)21-14-19(29)9-10-22(21)30)28(32)18(7-3)13-25(36)17(4)6-2;1-2/h9-12,14-18H,5-8,13,31-32H2,1-4H3,(H2,33,34,35,37);1-2H3/b23-16-,28-24+;. The molecule has 0 bridgehead atoms. The van der Waals surface area contributed by atoms with E-state index in [1.807, 2.05) is 41.5 Å². The molecular formula is C30H43ClFN5O2. The number of nitrogens with two attached hydrogens (primary N) is 2. The Kier molecular flexibility index (Phi) is 14.9. The Bertz CT molecular complexity index is 1170. The summed E-state index contributed by atoms with van der Waals surface area (Å²) in [6, 6.07) is 7.49. The Morgan fingerprint density at radius 1 is 1.08 bits per heavy atom. The van der Waals surface area contributed by atoms with Crippen LogP contribution in [-0.4, -0.2) is 16.7 Å². The molecule has 0 fully saturated rings. The number of benzene rings is 1. The normalized spacial score (nSPS) is 13.4. The van der Waals surface area contributed by atoms with Crippen molar-refractivity contribution in [1.82, 2.24) is 4.98 Å². The van der Waals surface area contributed by atoms with Crippen LogP contribution in [0.25, 0.3) is 5.70 Å². The maximum absolute atomic E-state index is 14.5. The summed E-state index contributed by atoms with van der Waals surface area (Å²) >= 11 is 6.06. The molecular weight excluding hydrogens is 517 g/mol. The number of carbonyl (C=O) groups excluding carboxylic acids is 2. The van der Waals surface area contributed by atoms with Gasteiger partial charge in [-0.25, -0.2) is 9.37 Å². The van der Waals surface area contributed by atoms with Crippen molar-refractivity contribution < 1.29 is 14.0 Å². The quantitative estimate of drug-likeness (QED) is 0.192. The van der Waals surface area contributed by atoms with Crippen LogP contribution in [0, 0.1) is 17.7 Å². The van der Waals surface area contributed by atoms with Gasteiger partial charge in [0.1, 0.15) is 17.4 Å². The molecule has 0 aliphatic carbocycles. The first-order valence-electron chi connectivity index (χ1n) is 13.6. The van der Waals surface area contributed by atoms with E-state index < -0.39 is 5.82 Å². The van der Waals surface area contributed by atoms with Gasteiger partial charge in [0.05, 0.1) is 5.70 Å². The highest BCUT2D eigenvalue weighted by Crippen LogP contribution is 2.27. The van der Waals surface area contributed by atoms with E-state index in [-0.39, 0.29) is 41.2 Å². The lowest BCUT2D eigenvalue weighted by molar-refractivity contribution is -0.123. The van der Waals surface area contributed by atoms with E-state index >= 15 is 0 Å². The minimum atomic E-state index is -0.528. The Labute approximate surface area is 237 Å². The molecule has 0 aliphatic rings. The molecule has 39 heavy (non-hydrogen) atoms. The summed E-state index contributed by atoms with van der Waals surface area (Å²) in [6.45, 7) is 11.7. The third-order valence-corrected chi connectivity index (χ3v) is 6.41. The highest BCUT2D eigenvalue weighted by atomic mass is 35.5. The Balaban J connectivity index is 0.00000371. The van der Waals surface area contributed by atoms with Gasteiger partial charge in [0.15, 0.2) is 0 Å². The zero-order valence-electron chi connectivity index (χ0n) is 23.9. The number of carbonyl (C=O) groups is 2. The summed E-state index contributed by atoms with van der Waals surface area (Å²) in [7, 11) is 0. The van der Waals surface area contributed by atoms with Crippen LogP contribution in [0.1, 0.15) is 79.2 Å². The van der Waals surface area contributed by atoms with Crippen LogP contribution in [0.5, 0.6) is 0 Å². The zero-order valence-corrected chi connectivity index (χ0v) is 24.7. The van der Waals surface area contributed by atoms with E-state index in [0.29, 0.717) is 47.2 Å². The van der Waals surface area contributed by atoms with Gasteiger partial charge in [-0.1, -0.05) is 53.1 Å². The lowest BCUT2D eigenvalue weighted by atomic mass is 9.89. The topological polar surface area (TPSA) is 123 Å². The van der Waals surface area contributed by atoms with Gasteiger partial charge in [-0.3, -0.25) is 9.59 Å². The second-order valence-corrected chi connectivity index (χ2v) is 9.47. The summed E-state index contributed by atoms with van der Waals surface area (Å²) in [5.41, 5.74) is 14.6. The smallest absolute Gasteiger partial charge is 0.225 e. The van der Waals surface area contributed by atoms with Gasteiger partial charge in [0, 0.05) is 64.6 Å². The SMILES string of the molecule is CC.CCCC(=O)Nc1cc(NC(/C=C(\N)c2cc(Cl)ccc2F)=C(/N)C(CC)CC(=O)C(C)CC)ccn1. The van der Waals surface area contributed by atoms with Gasteiger partial charge in [0.2, 0.25) is 5.91 Å². The van der Waals surface area contributed by atoms with Gasteiger partial charge < -0.3 is 22.1 Å². The summed E-state index contributed by atoms with van der Waals surface area (Å²) < 4.78 is 14.5. The van der Waals surface area contributed by atoms with Crippen LogP contribution in [0.2, 0.25) is 5.02 Å². The van der Waals surface area contributed by atoms with Gasteiger partial charge in [-0.2, -0.15) is 0 Å². The third kappa shape index (κ3) is 10.7. The summed E-state index contributed by atoms with van der Waals surface area (Å²) in [5, 5.41) is 6.33.